The number of nitrogens with one attached hydrogen (secondary N) is 1. The SMILES string of the molecule is COc1cc(NC2CCCCCC2O)ccn1. The van der Waals surface area contributed by atoms with Gasteiger partial charge in [0.25, 0.3) is 0 Å². The maximum Gasteiger partial charge on any atom is 0.214 e. The molecule has 1 aliphatic carbocycles. The summed E-state index contributed by atoms with van der Waals surface area (Å²) in [6, 6.07) is 3.90. The van der Waals surface area contributed by atoms with E-state index in [1.165, 1.54) is 12.8 Å². The van der Waals surface area contributed by atoms with Gasteiger partial charge in [0.05, 0.1) is 19.3 Å². The average molecular weight is 236 g/mol. The highest BCUT2D eigenvalue weighted by Crippen LogP contribution is 2.22. The van der Waals surface area contributed by atoms with Gasteiger partial charge in [-0.1, -0.05) is 19.3 Å². The molecular weight excluding hydrogens is 216 g/mol. The molecule has 1 heterocycles. The summed E-state index contributed by atoms with van der Waals surface area (Å²) < 4.78 is 5.08. The maximum atomic E-state index is 10.0. The van der Waals surface area contributed by atoms with Gasteiger partial charge in [-0.25, -0.2) is 4.98 Å². The van der Waals surface area contributed by atoms with E-state index in [2.05, 4.69) is 10.3 Å². The lowest BCUT2D eigenvalue weighted by Crippen LogP contribution is -2.32. The molecule has 2 N–H and O–H groups in total. The molecule has 4 heteroatoms. The van der Waals surface area contributed by atoms with E-state index in [1.54, 1.807) is 13.3 Å². The molecule has 94 valence electrons. The minimum Gasteiger partial charge on any atom is -0.481 e. The molecule has 2 unspecified atom stereocenters. The number of hydrogen-bond acceptors (Lipinski definition) is 4. The molecule has 0 saturated heterocycles. The predicted octanol–water partition coefficient (Wildman–Crippen LogP) is 2.20. The van der Waals surface area contributed by atoms with Crippen LogP contribution in [0.3, 0.4) is 0 Å². The molecule has 0 aliphatic heterocycles. The molecule has 1 aliphatic rings. The van der Waals surface area contributed by atoms with Crippen molar-refractivity contribution in [3.8, 4) is 5.88 Å². The molecule has 0 aromatic carbocycles. The summed E-state index contributed by atoms with van der Waals surface area (Å²) in [6.07, 6.45) is 6.89. The zero-order valence-electron chi connectivity index (χ0n) is 10.2. The van der Waals surface area contributed by atoms with Crippen molar-refractivity contribution in [2.75, 3.05) is 12.4 Å². The number of aliphatic hydroxyl groups excluding tert-OH is 1. The highest BCUT2D eigenvalue weighted by atomic mass is 16.5. The van der Waals surface area contributed by atoms with Gasteiger partial charge in [-0.3, -0.25) is 0 Å². The number of rotatable bonds is 3. The second-order valence-corrected chi connectivity index (χ2v) is 4.54. The van der Waals surface area contributed by atoms with E-state index >= 15 is 0 Å². The van der Waals surface area contributed by atoms with Crippen LogP contribution in [0.4, 0.5) is 5.69 Å². The van der Waals surface area contributed by atoms with Gasteiger partial charge in [-0.05, 0) is 18.9 Å². The Morgan fingerprint density at radius 1 is 1.35 bits per heavy atom. The Balaban J connectivity index is 2.02. The Morgan fingerprint density at radius 3 is 3.00 bits per heavy atom. The number of aromatic nitrogens is 1. The number of hydrogen-bond donors (Lipinski definition) is 2. The first kappa shape index (κ1) is 12.2. The normalized spacial score (nSPS) is 25.1. The lowest BCUT2D eigenvalue weighted by atomic mass is 10.1. The van der Waals surface area contributed by atoms with Crippen LogP contribution in [-0.4, -0.2) is 29.3 Å². The molecule has 0 amide bonds. The number of ether oxygens (including phenoxy) is 1. The van der Waals surface area contributed by atoms with Crippen LogP contribution in [-0.2, 0) is 0 Å². The van der Waals surface area contributed by atoms with Gasteiger partial charge in [-0.15, -0.1) is 0 Å². The van der Waals surface area contributed by atoms with Gasteiger partial charge in [0, 0.05) is 18.0 Å². The van der Waals surface area contributed by atoms with E-state index < -0.39 is 0 Å². The average Bonchev–Trinajstić information content (AvgIpc) is 2.55. The molecule has 1 aromatic heterocycles. The third-order valence-corrected chi connectivity index (χ3v) is 3.28. The van der Waals surface area contributed by atoms with Crippen LogP contribution in [0.15, 0.2) is 18.3 Å². The third kappa shape index (κ3) is 3.33. The van der Waals surface area contributed by atoms with Gasteiger partial charge in [-0.2, -0.15) is 0 Å². The smallest absolute Gasteiger partial charge is 0.214 e. The first-order valence-corrected chi connectivity index (χ1v) is 6.24. The fourth-order valence-corrected chi connectivity index (χ4v) is 2.28. The summed E-state index contributed by atoms with van der Waals surface area (Å²) >= 11 is 0. The van der Waals surface area contributed by atoms with Crippen molar-refractivity contribution in [2.45, 2.75) is 44.2 Å². The summed E-state index contributed by atoms with van der Waals surface area (Å²) in [5, 5.41) is 13.4. The highest BCUT2D eigenvalue weighted by molar-refractivity contribution is 5.46. The number of pyridine rings is 1. The summed E-state index contributed by atoms with van der Waals surface area (Å²) in [4.78, 5) is 4.06. The molecule has 1 saturated carbocycles. The van der Waals surface area contributed by atoms with Crippen molar-refractivity contribution in [3.05, 3.63) is 18.3 Å². The van der Waals surface area contributed by atoms with E-state index in [0.29, 0.717) is 5.88 Å². The lowest BCUT2D eigenvalue weighted by Gasteiger charge is -2.22. The number of nitrogens with zero attached hydrogens (tertiary/aromatic N) is 1. The zero-order valence-corrected chi connectivity index (χ0v) is 10.2. The summed E-state index contributed by atoms with van der Waals surface area (Å²) in [5.41, 5.74) is 0.961. The number of aliphatic hydroxyl groups is 1. The third-order valence-electron chi connectivity index (χ3n) is 3.28. The fourth-order valence-electron chi connectivity index (χ4n) is 2.28. The van der Waals surface area contributed by atoms with Crippen LogP contribution >= 0.6 is 0 Å². The van der Waals surface area contributed by atoms with Crippen LogP contribution in [0, 0.1) is 0 Å². The topological polar surface area (TPSA) is 54.4 Å². The van der Waals surface area contributed by atoms with Gasteiger partial charge in [0.15, 0.2) is 0 Å². The van der Waals surface area contributed by atoms with Crippen LogP contribution in [0.5, 0.6) is 5.88 Å². The monoisotopic (exact) mass is 236 g/mol. The summed E-state index contributed by atoms with van der Waals surface area (Å²) in [5.74, 6) is 0.595. The van der Waals surface area contributed by atoms with Crippen LogP contribution < -0.4 is 10.1 Å². The lowest BCUT2D eigenvalue weighted by molar-refractivity contribution is 0.144. The van der Waals surface area contributed by atoms with Crippen molar-refractivity contribution in [1.82, 2.24) is 4.98 Å². The van der Waals surface area contributed by atoms with E-state index in [1.807, 2.05) is 12.1 Å². The molecule has 0 spiro atoms. The van der Waals surface area contributed by atoms with E-state index in [9.17, 15) is 5.11 Å². The molecule has 1 aromatic rings. The van der Waals surface area contributed by atoms with E-state index in [0.717, 1.165) is 24.9 Å². The number of anilines is 1. The van der Waals surface area contributed by atoms with Gasteiger partial charge >= 0.3 is 0 Å². The van der Waals surface area contributed by atoms with Crippen molar-refractivity contribution >= 4 is 5.69 Å². The molecule has 0 bridgehead atoms. The highest BCUT2D eigenvalue weighted by Gasteiger charge is 2.21. The Kier molecular flexibility index (Phi) is 4.20. The van der Waals surface area contributed by atoms with Crippen molar-refractivity contribution in [2.24, 2.45) is 0 Å². The van der Waals surface area contributed by atoms with Crippen molar-refractivity contribution in [1.29, 1.82) is 0 Å². The minimum absolute atomic E-state index is 0.143. The standard InChI is InChI=1S/C13H20N2O2/c1-17-13-9-10(7-8-14-13)15-11-5-3-2-4-6-12(11)16/h7-9,11-12,16H,2-6H2,1H3,(H,14,15). The number of methoxy groups -OCH3 is 1. The molecular formula is C13H20N2O2. The Labute approximate surface area is 102 Å². The van der Waals surface area contributed by atoms with Crippen molar-refractivity contribution < 1.29 is 9.84 Å². The Hall–Kier alpha value is -1.29. The van der Waals surface area contributed by atoms with Crippen molar-refractivity contribution in [3.63, 3.8) is 0 Å². The fraction of sp³-hybridized carbons (Fsp3) is 0.615. The zero-order chi connectivity index (χ0) is 12.1. The van der Waals surface area contributed by atoms with Gasteiger partial charge < -0.3 is 15.2 Å². The van der Waals surface area contributed by atoms with Gasteiger partial charge in [0.1, 0.15) is 0 Å². The Bertz CT molecular complexity index is 357. The first-order chi connectivity index (χ1) is 8.29. The first-order valence-electron chi connectivity index (χ1n) is 6.24. The Morgan fingerprint density at radius 2 is 2.18 bits per heavy atom. The molecule has 2 rings (SSSR count). The maximum absolute atomic E-state index is 10.0. The molecule has 2 atom stereocenters. The van der Waals surface area contributed by atoms with Gasteiger partial charge in [0.2, 0.25) is 5.88 Å². The van der Waals surface area contributed by atoms with E-state index in [4.69, 9.17) is 4.74 Å². The summed E-state index contributed by atoms with van der Waals surface area (Å²) in [7, 11) is 1.60. The van der Waals surface area contributed by atoms with Crippen LogP contribution in [0.2, 0.25) is 0 Å². The largest absolute Gasteiger partial charge is 0.481 e. The van der Waals surface area contributed by atoms with E-state index in [-0.39, 0.29) is 12.1 Å². The second-order valence-electron chi connectivity index (χ2n) is 4.54. The molecule has 0 radical (unpaired) electrons. The molecule has 17 heavy (non-hydrogen) atoms. The van der Waals surface area contributed by atoms with Crippen LogP contribution in [0.25, 0.3) is 0 Å². The minimum atomic E-state index is -0.253. The molecule has 1 fully saturated rings. The van der Waals surface area contributed by atoms with Crippen LogP contribution in [0.1, 0.15) is 32.1 Å². The molecule has 4 nitrogen and oxygen atoms in total. The predicted molar refractivity (Wildman–Crippen MR) is 67.3 cm³/mol. The second kappa shape index (κ2) is 5.87. The summed E-state index contributed by atoms with van der Waals surface area (Å²) in [6.45, 7) is 0. The quantitative estimate of drug-likeness (QED) is 0.790.